The molecular formula is C22H29N5O. The van der Waals surface area contributed by atoms with Crippen LogP contribution in [0.15, 0.2) is 36.5 Å². The third-order valence-electron chi connectivity index (χ3n) is 5.59. The fourth-order valence-electron chi connectivity index (χ4n) is 4.03. The van der Waals surface area contributed by atoms with Crippen molar-refractivity contribution in [1.29, 1.82) is 0 Å². The van der Waals surface area contributed by atoms with Gasteiger partial charge in [0.25, 0.3) is 0 Å². The topological polar surface area (TPSA) is 66.0 Å². The third kappa shape index (κ3) is 4.28. The third-order valence-corrected chi connectivity index (χ3v) is 5.59. The molecule has 6 nitrogen and oxygen atoms in total. The van der Waals surface area contributed by atoms with Gasteiger partial charge in [-0.25, -0.2) is 0 Å². The highest BCUT2D eigenvalue weighted by molar-refractivity contribution is 5.91. The molecule has 4 rings (SSSR count). The molecule has 0 bridgehead atoms. The second-order valence-corrected chi connectivity index (χ2v) is 7.60. The summed E-state index contributed by atoms with van der Waals surface area (Å²) in [6.07, 6.45) is 7.47. The van der Waals surface area contributed by atoms with E-state index < -0.39 is 0 Å². The first-order valence-electron chi connectivity index (χ1n) is 10.4. The molecule has 1 aromatic carbocycles. The second kappa shape index (κ2) is 8.61. The van der Waals surface area contributed by atoms with Gasteiger partial charge in [-0.05, 0) is 64.0 Å². The van der Waals surface area contributed by atoms with Gasteiger partial charge in [-0.3, -0.25) is 9.89 Å². The SMILES string of the molecule is CCn1ccc2cc(-c3cc(NC(=O)CCCN4CCCCC4)[nH]n3)ccc21. The van der Waals surface area contributed by atoms with Gasteiger partial charge in [0.1, 0.15) is 5.82 Å². The molecule has 0 unspecified atom stereocenters. The van der Waals surface area contributed by atoms with E-state index in [9.17, 15) is 4.79 Å². The Labute approximate surface area is 165 Å². The highest BCUT2D eigenvalue weighted by Gasteiger charge is 2.12. The Morgan fingerprint density at radius 1 is 1.18 bits per heavy atom. The monoisotopic (exact) mass is 379 g/mol. The molecule has 3 aromatic rings. The minimum Gasteiger partial charge on any atom is -0.348 e. The minimum atomic E-state index is 0.0442. The summed E-state index contributed by atoms with van der Waals surface area (Å²) in [5, 5.41) is 11.5. The number of hydrogen-bond acceptors (Lipinski definition) is 3. The van der Waals surface area contributed by atoms with Crippen LogP contribution in [0.5, 0.6) is 0 Å². The smallest absolute Gasteiger partial charge is 0.225 e. The summed E-state index contributed by atoms with van der Waals surface area (Å²) >= 11 is 0. The van der Waals surface area contributed by atoms with Crippen LogP contribution < -0.4 is 5.32 Å². The normalized spacial score (nSPS) is 15.2. The number of benzene rings is 1. The van der Waals surface area contributed by atoms with Gasteiger partial charge in [-0.1, -0.05) is 12.5 Å². The highest BCUT2D eigenvalue weighted by Crippen LogP contribution is 2.25. The lowest BCUT2D eigenvalue weighted by Crippen LogP contribution is -2.31. The average molecular weight is 380 g/mol. The number of carbonyl (C=O) groups excluding carboxylic acids is 1. The Morgan fingerprint density at radius 3 is 2.86 bits per heavy atom. The van der Waals surface area contributed by atoms with Crippen LogP contribution in [0.3, 0.4) is 0 Å². The summed E-state index contributed by atoms with van der Waals surface area (Å²) in [5.41, 5.74) is 3.11. The zero-order chi connectivity index (χ0) is 19.3. The van der Waals surface area contributed by atoms with Crippen molar-refractivity contribution < 1.29 is 4.79 Å². The van der Waals surface area contributed by atoms with Crippen LogP contribution in [0.4, 0.5) is 5.82 Å². The number of carbonyl (C=O) groups is 1. The first-order valence-corrected chi connectivity index (χ1v) is 10.4. The number of aromatic amines is 1. The number of amides is 1. The van der Waals surface area contributed by atoms with Crippen molar-refractivity contribution in [2.75, 3.05) is 25.0 Å². The number of aromatic nitrogens is 3. The Kier molecular flexibility index (Phi) is 5.76. The molecule has 3 heterocycles. The van der Waals surface area contributed by atoms with Crippen molar-refractivity contribution in [3.63, 3.8) is 0 Å². The van der Waals surface area contributed by atoms with Gasteiger partial charge in [0.15, 0.2) is 0 Å². The van der Waals surface area contributed by atoms with Crippen molar-refractivity contribution >= 4 is 22.6 Å². The van der Waals surface area contributed by atoms with Crippen LogP contribution in [0.1, 0.15) is 39.0 Å². The Morgan fingerprint density at radius 2 is 2.04 bits per heavy atom. The lowest BCUT2D eigenvalue weighted by Gasteiger charge is -2.26. The number of hydrogen-bond donors (Lipinski definition) is 2. The fraction of sp³-hybridized carbons (Fsp3) is 0.455. The predicted octanol–water partition coefficient (Wildman–Crippen LogP) is 4.26. The van der Waals surface area contributed by atoms with E-state index in [1.807, 2.05) is 6.07 Å². The molecule has 0 atom stereocenters. The number of H-pyrrole nitrogens is 1. The van der Waals surface area contributed by atoms with E-state index in [0.29, 0.717) is 12.2 Å². The maximum atomic E-state index is 12.2. The van der Waals surface area contributed by atoms with Gasteiger partial charge >= 0.3 is 0 Å². The molecule has 6 heteroatoms. The van der Waals surface area contributed by atoms with Crippen LogP contribution in [-0.2, 0) is 11.3 Å². The Bertz CT molecular complexity index is 935. The van der Waals surface area contributed by atoms with Crippen molar-refractivity contribution in [1.82, 2.24) is 19.7 Å². The van der Waals surface area contributed by atoms with Crippen molar-refractivity contribution in [2.24, 2.45) is 0 Å². The summed E-state index contributed by atoms with van der Waals surface area (Å²) in [6.45, 7) is 6.47. The lowest BCUT2D eigenvalue weighted by atomic mass is 10.1. The van der Waals surface area contributed by atoms with Crippen LogP contribution >= 0.6 is 0 Å². The largest absolute Gasteiger partial charge is 0.348 e. The van der Waals surface area contributed by atoms with E-state index >= 15 is 0 Å². The average Bonchev–Trinajstić information content (AvgIpc) is 3.35. The van der Waals surface area contributed by atoms with Gasteiger partial charge in [-0.2, -0.15) is 5.10 Å². The van der Waals surface area contributed by atoms with E-state index in [4.69, 9.17) is 0 Å². The van der Waals surface area contributed by atoms with Crippen molar-refractivity contribution in [3.05, 3.63) is 36.5 Å². The minimum absolute atomic E-state index is 0.0442. The van der Waals surface area contributed by atoms with Gasteiger partial charge in [0.05, 0.1) is 5.69 Å². The number of nitrogens with one attached hydrogen (secondary N) is 2. The van der Waals surface area contributed by atoms with Gasteiger partial charge < -0.3 is 14.8 Å². The summed E-state index contributed by atoms with van der Waals surface area (Å²) in [5.74, 6) is 0.701. The van der Waals surface area contributed by atoms with Crippen LogP contribution in [0.25, 0.3) is 22.2 Å². The van der Waals surface area contributed by atoms with E-state index in [-0.39, 0.29) is 5.91 Å². The zero-order valence-electron chi connectivity index (χ0n) is 16.6. The quantitative estimate of drug-likeness (QED) is 0.645. The summed E-state index contributed by atoms with van der Waals surface area (Å²) in [6, 6.07) is 10.4. The molecule has 28 heavy (non-hydrogen) atoms. The predicted molar refractivity (Wildman–Crippen MR) is 113 cm³/mol. The fourth-order valence-corrected chi connectivity index (χ4v) is 4.03. The molecule has 1 fully saturated rings. The van der Waals surface area contributed by atoms with E-state index in [2.05, 4.69) is 62.4 Å². The standard InChI is InChI=1S/C22H29N5O/c1-2-27-14-10-18-15-17(8-9-20(18)27)19-16-21(25-24-19)23-22(28)7-6-13-26-11-4-3-5-12-26/h8-10,14-16H,2-7,11-13H2,1H3,(H2,23,24,25,28). The number of anilines is 1. The summed E-state index contributed by atoms with van der Waals surface area (Å²) < 4.78 is 2.22. The molecule has 2 aromatic heterocycles. The van der Waals surface area contributed by atoms with E-state index in [0.717, 1.165) is 30.8 Å². The molecule has 0 saturated carbocycles. The van der Waals surface area contributed by atoms with Gasteiger partial charge in [-0.15, -0.1) is 0 Å². The number of likely N-dealkylation sites (tertiary alicyclic amines) is 1. The molecule has 0 radical (unpaired) electrons. The second-order valence-electron chi connectivity index (χ2n) is 7.60. The molecular weight excluding hydrogens is 350 g/mol. The first-order chi connectivity index (χ1) is 13.7. The molecule has 2 N–H and O–H groups in total. The molecule has 1 amide bonds. The number of aryl methyl sites for hydroxylation is 1. The maximum absolute atomic E-state index is 12.2. The number of fused-ring (bicyclic) bond motifs is 1. The van der Waals surface area contributed by atoms with Crippen LogP contribution in [0, 0.1) is 0 Å². The van der Waals surface area contributed by atoms with Crippen LogP contribution in [0.2, 0.25) is 0 Å². The number of nitrogens with zero attached hydrogens (tertiary/aromatic N) is 3. The first kappa shape index (κ1) is 18.7. The molecule has 1 aliphatic heterocycles. The maximum Gasteiger partial charge on any atom is 0.225 e. The highest BCUT2D eigenvalue weighted by atomic mass is 16.1. The summed E-state index contributed by atoms with van der Waals surface area (Å²) in [7, 11) is 0. The van der Waals surface area contributed by atoms with Gasteiger partial charge in [0, 0.05) is 41.7 Å². The summed E-state index contributed by atoms with van der Waals surface area (Å²) in [4.78, 5) is 14.7. The Hall–Kier alpha value is -2.60. The zero-order valence-corrected chi connectivity index (χ0v) is 16.6. The Balaban J connectivity index is 1.33. The molecule has 1 saturated heterocycles. The number of piperidine rings is 1. The number of rotatable bonds is 7. The van der Waals surface area contributed by atoms with Gasteiger partial charge in [0.2, 0.25) is 5.91 Å². The van der Waals surface area contributed by atoms with E-state index in [1.165, 1.54) is 43.3 Å². The van der Waals surface area contributed by atoms with E-state index in [1.54, 1.807) is 0 Å². The van der Waals surface area contributed by atoms with Crippen LogP contribution in [-0.4, -0.2) is 45.2 Å². The van der Waals surface area contributed by atoms with Crippen molar-refractivity contribution in [3.8, 4) is 11.3 Å². The molecule has 0 spiro atoms. The molecule has 148 valence electrons. The molecule has 1 aliphatic rings. The van der Waals surface area contributed by atoms with Crippen molar-refractivity contribution in [2.45, 2.75) is 45.6 Å². The lowest BCUT2D eigenvalue weighted by molar-refractivity contribution is -0.116. The molecule has 0 aliphatic carbocycles.